The van der Waals surface area contributed by atoms with Crippen molar-refractivity contribution in [3.05, 3.63) is 56.6 Å². The SMILES string of the molecule is CC1N=C(n2ncnc2[C@H](C)NC(=O)c2cc(Br)cc(Br)c2)C=C(C(=O)N(C)C(C)C)N1. The zero-order valence-electron chi connectivity index (χ0n) is 18.4. The monoisotopic (exact) mass is 565 g/mol. The van der Waals surface area contributed by atoms with Gasteiger partial charge in [-0.05, 0) is 45.9 Å². The highest BCUT2D eigenvalue weighted by atomic mass is 79.9. The number of carbonyl (C=O) groups is 2. The van der Waals surface area contributed by atoms with Crippen LogP contribution < -0.4 is 10.6 Å². The lowest BCUT2D eigenvalue weighted by Gasteiger charge is -2.27. The number of benzene rings is 1. The van der Waals surface area contributed by atoms with Gasteiger partial charge in [-0.15, -0.1) is 0 Å². The van der Waals surface area contributed by atoms with Crippen molar-refractivity contribution in [2.24, 2.45) is 4.99 Å². The van der Waals surface area contributed by atoms with Gasteiger partial charge in [-0.3, -0.25) is 9.59 Å². The Hall–Kier alpha value is -2.53. The second-order valence-corrected chi connectivity index (χ2v) is 9.59. The predicted octanol–water partition coefficient (Wildman–Crippen LogP) is 3.24. The molecule has 2 amide bonds. The number of aromatic nitrogens is 3. The fraction of sp³-hybridized carbons (Fsp3) is 0.381. The standard InChI is InChI=1S/C21H25Br2N7O2/c1-11(2)29(5)21(32)17-9-18(28-13(4)27-17)30-19(24-10-25-30)12(3)26-20(31)14-6-15(22)8-16(23)7-14/h6-13,27H,1-5H3,(H,26,31)/t12-,13?/m0/s1. The lowest BCUT2D eigenvalue weighted by Crippen LogP contribution is -2.42. The van der Waals surface area contributed by atoms with E-state index < -0.39 is 6.04 Å². The van der Waals surface area contributed by atoms with Gasteiger partial charge in [0.2, 0.25) is 0 Å². The number of nitrogens with zero attached hydrogens (tertiary/aromatic N) is 5. The van der Waals surface area contributed by atoms with Crippen LogP contribution in [0.4, 0.5) is 0 Å². The number of hydrogen-bond acceptors (Lipinski definition) is 6. The molecule has 1 aromatic carbocycles. The summed E-state index contributed by atoms with van der Waals surface area (Å²) in [5.74, 6) is 0.582. The highest BCUT2D eigenvalue weighted by molar-refractivity contribution is 9.11. The third kappa shape index (κ3) is 5.44. The van der Waals surface area contributed by atoms with Crippen LogP contribution in [0.2, 0.25) is 0 Å². The zero-order valence-corrected chi connectivity index (χ0v) is 21.6. The summed E-state index contributed by atoms with van der Waals surface area (Å²) in [6, 6.07) is 4.93. The van der Waals surface area contributed by atoms with Crippen LogP contribution in [0, 0.1) is 0 Å². The van der Waals surface area contributed by atoms with Crippen molar-refractivity contribution in [1.82, 2.24) is 30.3 Å². The van der Waals surface area contributed by atoms with E-state index in [9.17, 15) is 9.59 Å². The maximum Gasteiger partial charge on any atom is 0.270 e. The van der Waals surface area contributed by atoms with Crippen LogP contribution in [-0.2, 0) is 4.79 Å². The Morgan fingerprint density at radius 2 is 1.84 bits per heavy atom. The summed E-state index contributed by atoms with van der Waals surface area (Å²) in [6.45, 7) is 7.56. The molecule has 3 rings (SSSR count). The Bertz CT molecular complexity index is 1070. The van der Waals surface area contributed by atoms with Crippen molar-refractivity contribution in [3.8, 4) is 0 Å². The molecular weight excluding hydrogens is 542 g/mol. The average molecular weight is 567 g/mol. The number of aliphatic imine (C=N–C) groups is 1. The molecule has 1 aliphatic heterocycles. The van der Waals surface area contributed by atoms with E-state index in [2.05, 4.69) is 57.6 Å². The zero-order chi connectivity index (χ0) is 23.6. The van der Waals surface area contributed by atoms with Gasteiger partial charge in [0.15, 0.2) is 11.7 Å². The third-order valence-corrected chi connectivity index (χ3v) is 5.86. The molecule has 9 nitrogen and oxygen atoms in total. The van der Waals surface area contributed by atoms with E-state index in [0.29, 0.717) is 22.9 Å². The molecule has 0 radical (unpaired) electrons. The minimum atomic E-state index is -0.457. The number of allylic oxidation sites excluding steroid dienone is 1. The molecule has 2 heterocycles. The molecule has 0 bridgehead atoms. The molecule has 0 saturated heterocycles. The number of nitrogens with one attached hydrogen (secondary N) is 2. The van der Waals surface area contributed by atoms with Crippen LogP contribution in [0.15, 0.2) is 50.2 Å². The highest BCUT2D eigenvalue weighted by Crippen LogP contribution is 2.21. The Kier molecular flexibility index (Phi) is 7.50. The molecule has 1 aromatic heterocycles. The van der Waals surface area contributed by atoms with E-state index in [1.165, 1.54) is 6.33 Å². The summed E-state index contributed by atoms with van der Waals surface area (Å²) < 4.78 is 3.13. The van der Waals surface area contributed by atoms with Crippen molar-refractivity contribution in [1.29, 1.82) is 0 Å². The Balaban J connectivity index is 1.85. The Labute approximate surface area is 203 Å². The molecule has 2 N–H and O–H groups in total. The molecule has 32 heavy (non-hydrogen) atoms. The Morgan fingerprint density at radius 1 is 1.19 bits per heavy atom. The normalized spacial score (nSPS) is 16.7. The maximum absolute atomic E-state index is 12.8. The summed E-state index contributed by atoms with van der Waals surface area (Å²) >= 11 is 6.79. The number of rotatable bonds is 5. The molecule has 0 fully saturated rings. The van der Waals surface area contributed by atoms with Crippen molar-refractivity contribution in [2.45, 2.75) is 45.9 Å². The Morgan fingerprint density at radius 3 is 2.47 bits per heavy atom. The van der Waals surface area contributed by atoms with Gasteiger partial charge in [-0.1, -0.05) is 31.9 Å². The summed E-state index contributed by atoms with van der Waals surface area (Å²) in [6.07, 6.45) is 2.73. The van der Waals surface area contributed by atoms with Gasteiger partial charge in [0, 0.05) is 33.7 Å². The van der Waals surface area contributed by atoms with E-state index in [1.54, 1.807) is 34.8 Å². The van der Waals surface area contributed by atoms with Crippen LogP contribution in [0.25, 0.3) is 0 Å². The van der Waals surface area contributed by atoms with E-state index in [1.807, 2.05) is 33.8 Å². The number of halogens is 2. The fourth-order valence-corrected chi connectivity index (χ4v) is 4.37. The van der Waals surface area contributed by atoms with Crippen molar-refractivity contribution in [3.63, 3.8) is 0 Å². The topological polar surface area (TPSA) is 105 Å². The average Bonchev–Trinajstić information content (AvgIpc) is 3.21. The number of hydrogen-bond donors (Lipinski definition) is 2. The number of amides is 2. The lowest BCUT2D eigenvalue weighted by atomic mass is 10.2. The second-order valence-electron chi connectivity index (χ2n) is 7.76. The van der Waals surface area contributed by atoms with Crippen LogP contribution in [0.1, 0.15) is 49.9 Å². The van der Waals surface area contributed by atoms with Crippen LogP contribution >= 0.6 is 31.9 Å². The lowest BCUT2D eigenvalue weighted by molar-refractivity contribution is -0.127. The first-order valence-corrected chi connectivity index (χ1v) is 11.7. The van der Waals surface area contributed by atoms with E-state index in [0.717, 1.165) is 8.95 Å². The third-order valence-electron chi connectivity index (χ3n) is 4.94. The van der Waals surface area contributed by atoms with Crippen LogP contribution in [0.5, 0.6) is 0 Å². The van der Waals surface area contributed by atoms with Crippen molar-refractivity contribution >= 4 is 49.5 Å². The first kappa shape index (κ1) is 24.1. The maximum atomic E-state index is 12.8. The van der Waals surface area contributed by atoms with E-state index >= 15 is 0 Å². The van der Waals surface area contributed by atoms with Crippen molar-refractivity contribution in [2.75, 3.05) is 7.05 Å². The van der Waals surface area contributed by atoms with Gasteiger partial charge >= 0.3 is 0 Å². The first-order chi connectivity index (χ1) is 15.1. The second kappa shape index (κ2) is 9.95. The highest BCUT2D eigenvalue weighted by Gasteiger charge is 2.25. The van der Waals surface area contributed by atoms with Gasteiger partial charge in [-0.25, -0.2) is 9.98 Å². The van der Waals surface area contributed by atoms with Gasteiger partial charge < -0.3 is 15.5 Å². The van der Waals surface area contributed by atoms with Crippen LogP contribution in [-0.4, -0.2) is 56.6 Å². The molecule has 170 valence electrons. The summed E-state index contributed by atoms with van der Waals surface area (Å²) in [7, 11) is 1.75. The van der Waals surface area contributed by atoms with Gasteiger partial charge in [-0.2, -0.15) is 9.78 Å². The molecule has 0 saturated carbocycles. The number of carbonyl (C=O) groups excluding carboxylic acids is 2. The van der Waals surface area contributed by atoms with Crippen LogP contribution in [0.3, 0.4) is 0 Å². The summed E-state index contributed by atoms with van der Waals surface area (Å²) in [5.41, 5.74) is 0.928. The molecular formula is C21H25Br2N7O2. The smallest absolute Gasteiger partial charge is 0.270 e. The van der Waals surface area contributed by atoms with Gasteiger partial charge in [0.1, 0.15) is 18.2 Å². The minimum Gasteiger partial charge on any atom is -0.359 e. The molecule has 1 aliphatic rings. The van der Waals surface area contributed by atoms with Gasteiger partial charge in [0.25, 0.3) is 11.8 Å². The first-order valence-electron chi connectivity index (χ1n) is 10.1. The molecule has 2 atom stereocenters. The minimum absolute atomic E-state index is 0.0537. The van der Waals surface area contributed by atoms with E-state index in [4.69, 9.17) is 0 Å². The van der Waals surface area contributed by atoms with Crippen molar-refractivity contribution < 1.29 is 9.59 Å². The van der Waals surface area contributed by atoms with Gasteiger partial charge in [0.05, 0.1) is 6.04 Å². The molecule has 0 spiro atoms. The molecule has 11 heteroatoms. The summed E-state index contributed by atoms with van der Waals surface area (Å²) in [4.78, 5) is 36.1. The quantitative estimate of drug-likeness (QED) is 0.578. The largest absolute Gasteiger partial charge is 0.359 e. The number of likely N-dealkylation sites (N-methyl/N-ethyl adjacent to an activating group) is 1. The molecule has 0 aliphatic carbocycles. The fourth-order valence-electron chi connectivity index (χ4n) is 3.08. The molecule has 2 aromatic rings. The molecule has 1 unspecified atom stereocenters. The predicted molar refractivity (Wildman–Crippen MR) is 129 cm³/mol. The summed E-state index contributed by atoms with van der Waals surface area (Å²) in [5, 5.41) is 10.3. The van der Waals surface area contributed by atoms with E-state index in [-0.39, 0.29) is 24.0 Å².